The number of nitrogens with zero attached hydrogens (tertiary/aromatic N) is 4. The normalized spacial score (nSPS) is 14.5. The molecule has 1 aliphatic rings. The quantitative estimate of drug-likeness (QED) is 0.128. The summed E-state index contributed by atoms with van der Waals surface area (Å²) in [6.45, 7) is 4.59. The van der Waals surface area contributed by atoms with Crippen molar-refractivity contribution in [2.24, 2.45) is 0 Å². The molecule has 1 aromatic heterocycles. The van der Waals surface area contributed by atoms with Gasteiger partial charge < -0.3 is 14.4 Å². The van der Waals surface area contributed by atoms with E-state index in [0.717, 1.165) is 56.2 Å². The van der Waals surface area contributed by atoms with Crippen LogP contribution in [0.4, 0.5) is 30.7 Å². The number of aromatic nitrogens is 2. The first-order valence-corrected chi connectivity index (χ1v) is 17.3. The van der Waals surface area contributed by atoms with Crippen LogP contribution in [0.3, 0.4) is 0 Å². The van der Waals surface area contributed by atoms with Crippen molar-refractivity contribution in [3.63, 3.8) is 0 Å². The number of benzene rings is 4. The number of amides is 1. The van der Waals surface area contributed by atoms with Gasteiger partial charge in [0.15, 0.2) is 11.6 Å². The van der Waals surface area contributed by atoms with E-state index in [9.17, 15) is 40.3 Å². The molecule has 1 aliphatic heterocycles. The Labute approximate surface area is 301 Å². The maximum absolute atomic E-state index is 14.5. The Morgan fingerprint density at radius 3 is 2.11 bits per heavy atom. The molecule has 278 valence electrons. The van der Waals surface area contributed by atoms with Crippen LogP contribution in [0.5, 0.6) is 0 Å². The first-order chi connectivity index (χ1) is 25.3. The number of fused-ring (bicyclic) bond motifs is 1. The minimum absolute atomic E-state index is 0.0432. The Morgan fingerprint density at radius 2 is 1.47 bits per heavy atom. The second-order valence-corrected chi connectivity index (χ2v) is 13.2. The van der Waals surface area contributed by atoms with Crippen molar-refractivity contribution < 1.29 is 35.5 Å². The Morgan fingerprint density at radius 1 is 0.830 bits per heavy atom. The van der Waals surface area contributed by atoms with Crippen LogP contribution in [0, 0.1) is 11.6 Å². The first kappa shape index (κ1) is 37.7. The van der Waals surface area contributed by atoms with Crippen LogP contribution >= 0.6 is 0 Å². The van der Waals surface area contributed by atoms with Crippen LogP contribution in [-0.2, 0) is 36.6 Å². The third-order valence-corrected chi connectivity index (χ3v) is 9.92. The Bertz CT molecular complexity index is 2130. The lowest BCUT2D eigenvalue weighted by molar-refractivity contribution is -0.289. The molecular weight excluding hydrogens is 701 g/mol. The molecule has 6 rings (SSSR count). The van der Waals surface area contributed by atoms with Crippen LogP contribution < -0.4 is 5.56 Å². The van der Waals surface area contributed by atoms with Crippen molar-refractivity contribution in [2.45, 2.75) is 63.8 Å². The third kappa shape index (κ3) is 8.14. The van der Waals surface area contributed by atoms with E-state index in [1.807, 2.05) is 0 Å². The predicted molar refractivity (Wildman–Crippen MR) is 187 cm³/mol. The van der Waals surface area contributed by atoms with E-state index in [4.69, 9.17) is 0 Å². The molecule has 0 aliphatic carbocycles. The molecule has 0 spiro atoms. The molecule has 4 aromatic carbocycles. The lowest BCUT2D eigenvalue weighted by Gasteiger charge is -2.38. The SMILES string of the molecule is CCN1CCC(N(Cc2ccc(-c3ccc(C(F)(F)C(F)(F)F)cc3)cc2)C(=O)Cn2c(CCc3cccc(F)c3F)nc(=O)c3ccccc32)CC1. The summed E-state index contributed by atoms with van der Waals surface area (Å²) in [4.78, 5) is 35.9. The summed E-state index contributed by atoms with van der Waals surface area (Å²) in [6, 6.07) is 21.5. The standard InChI is InChI=1S/C40H37F7N4O2/c1-2-49-22-20-31(21-23-49)50(24-26-10-12-27(13-11-26)28-14-17-30(18-15-28)39(43,44)40(45,46)47)36(52)25-51-34-9-4-3-7-32(34)38(53)48-35(51)19-16-29-6-5-8-33(41)37(29)42/h3-15,17-18,31H,2,16,19-25H2,1H3. The zero-order valence-electron chi connectivity index (χ0n) is 28.9. The van der Waals surface area contributed by atoms with Crippen LogP contribution in [0.2, 0.25) is 0 Å². The van der Waals surface area contributed by atoms with Gasteiger partial charge in [-0.3, -0.25) is 9.59 Å². The molecule has 0 atom stereocenters. The smallest absolute Gasteiger partial charge is 0.334 e. The number of hydrogen-bond donors (Lipinski definition) is 0. The second-order valence-electron chi connectivity index (χ2n) is 13.2. The summed E-state index contributed by atoms with van der Waals surface area (Å²) in [5, 5.41) is 0.314. The summed E-state index contributed by atoms with van der Waals surface area (Å²) in [5.74, 6) is -6.92. The van der Waals surface area contributed by atoms with Crippen molar-refractivity contribution in [3.05, 3.63) is 135 Å². The van der Waals surface area contributed by atoms with Crippen molar-refractivity contribution in [1.82, 2.24) is 19.4 Å². The van der Waals surface area contributed by atoms with Crippen LogP contribution in [0.1, 0.15) is 42.3 Å². The lowest BCUT2D eigenvalue weighted by Crippen LogP contribution is -2.48. The Kier molecular flexibility index (Phi) is 11.0. The zero-order valence-corrected chi connectivity index (χ0v) is 28.9. The summed E-state index contributed by atoms with van der Waals surface area (Å²) in [5.41, 5.74) is 0.768. The highest BCUT2D eigenvalue weighted by atomic mass is 19.4. The number of likely N-dealkylation sites (tertiary alicyclic amines) is 1. The molecule has 13 heteroatoms. The number of rotatable bonds is 11. The van der Waals surface area contributed by atoms with Gasteiger partial charge in [0.05, 0.1) is 10.9 Å². The Hall–Kier alpha value is -5.04. The van der Waals surface area contributed by atoms with E-state index in [1.54, 1.807) is 58.0 Å². The molecule has 53 heavy (non-hydrogen) atoms. The van der Waals surface area contributed by atoms with E-state index in [2.05, 4.69) is 16.8 Å². The molecule has 1 amide bonds. The zero-order chi connectivity index (χ0) is 37.9. The molecule has 0 radical (unpaired) electrons. The van der Waals surface area contributed by atoms with Crippen LogP contribution in [-0.4, -0.2) is 57.1 Å². The van der Waals surface area contributed by atoms with Crippen LogP contribution in [0.25, 0.3) is 22.0 Å². The van der Waals surface area contributed by atoms with E-state index < -0.39 is 34.9 Å². The summed E-state index contributed by atoms with van der Waals surface area (Å²) in [7, 11) is 0. The van der Waals surface area contributed by atoms with E-state index >= 15 is 0 Å². The number of carbonyl (C=O) groups is 1. The molecular formula is C40H37F7N4O2. The maximum Gasteiger partial charge on any atom is 0.458 e. The molecule has 1 fully saturated rings. The number of piperidine rings is 1. The predicted octanol–water partition coefficient (Wildman–Crippen LogP) is 8.29. The Balaban J connectivity index is 1.28. The van der Waals surface area contributed by atoms with Crippen molar-refractivity contribution >= 4 is 16.8 Å². The van der Waals surface area contributed by atoms with Crippen LogP contribution in [0.15, 0.2) is 95.8 Å². The third-order valence-electron chi connectivity index (χ3n) is 9.92. The average Bonchev–Trinajstić information content (AvgIpc) is 3.15. The van der Waals surface area contributed by atoms with Gasteiger partial charge in [0.1, 0.15) is 12.4 Å². The molecule has 1 saturated heterocycles. The fourth-order valence-electron chi connectivity index (χ4n) is 6.85. The largest absolute Gasteiger partial charge is 0.458 e. The summed E-state index contributed by atoms with van der Waals surface area (Å²) in [6.07, 6.45) is -4.15. The lowest BCUT2D eigenvalue weighted by atomic mass is 9.99. The maximum atomic E-state index is 14.5. The number of halogens is 7. The highest BCUT2D eigenvalue weighted by Crippen LogP contribution is 2.44. The van der Waals surface area contributed by atoms with Gasteiger partial charge in [-0.25, -0.2) is 8.78 Å². The fraction of sp³-hybridized carbons (Fsp3) is 0.325. The highest BCUT2D eigenvalue weighted by Gasteiger charge is 2.58. The van der Waals surface area contributed by atoms with Gasteiger partial charge in [-0.1, -0.05) is 79.7 Å². The van der Waals surface area contributed by atoms with Gasteiger partial charge in [-0.2, -0.15) is 26.9 Å². The van der Waals surface area contributed by atoms with Gasteiger partial charge in [-0.15, -0.1) is 0 Å². The first-order valence-electron chi connectivity index (χ1n) is 17.3. The number of alkyl halides is 5. The number of para-hydroxylation sites is 1. The van der Waals surface area contributed by atoms with Gasteiger partial charge in [0.25, 0.3) is 5.56 Å². The topological polar surface area (TPSA) is 58.4 Å². The minimum atomic E-state index is -5.71. The monoisotopic (exact) mass is 738 g/mol. The fourth-order valence-corrected chi connectivity index (χ4v) is 6.85. The number of aryl methyl sites for hydroxylation is 2. The number of carbonyl (C=O) groups excluding carboxylic acids is 1. The van der Waals surface area contributed by atoms with Gasteiger partial charge >= 0.3 is 12.1 Å². The molecule has 6 nitrogen and oxygen atoms in total. The van der Waals surface area contributed by atoms with Gasteiger partial charge in [0, 0.05) is 37.7 Å². The molecule has 2 heterocycles. The van der Waals surface area contributed by atoms with E-state index in [1.165, 1.54) is 24.3 Å². The minimum Gasteiger partial charge on any atom is -0.334 e. The molecule has 0 saturated carbocycles. The van der Waals surface area contributed by atoms with E-state index in [-0.39, 0.29) is 49.3 Å². The number of hydrogen-bond acceptors (Lipinski definition) is 4. The molecule has 0 N–H and O–H groups in total. The molecule has 0 unspecified atom stereocenters. The van der Waals surface area contributed by atoms with Crippen molar-refractivity contribution in [2.75, 3.05) is 19.6 Å². The van der Waals surface area contributed by atoms with Gasteiger partial charge in [-0.05, 0) is 66.3 Å². The molecule has 5 aromatic rings. The highest BCUT2D eigenvalue weighted by molar-refractivity contribution is 5.82. The summed E-state index contributed by atoms with van der Waals surface area (Å²) >= 11 is 0. The van der Waals surface area contributed by atoms with Gasteiger partial charge in [0.2, 0.25) is 5.91 Å². The van der Waals surface area contributed by atoms with E-state index in [0.29, 0.717) is 22.0 Å². The second kappa shape index (κ2) is 15.5. The molecule has 0 bridgehead atoms. The van der Waals surface area contributed by atoms with Crippen molar-refractivity contribution in [1.29, 1.82) is 0 Å². The average molecular weight is 739 g/mol. The summed E-state index contributed by atoms with van der Waals surface area (Å²) < 4.78 is 96.4. The van der Waals surface area contributed by atoms with Crippen molar-refractivity contribution in [3.8, 4) is 11.1 Å².